The molecule has 3 N–H and O–H groups in total. The topological polar surface area (TPSA) is 110 Å². The predicted molar refractivity (Wildman–Crippen MR) is 124 cm³/mol. The van der Waals surface area contributed by atoms with Gasteiger partial charge in [0.25, 0.3) is 5.91 Å². The molecular weight excluding hydrogens is 418 g/mol. The van der Waals surface area contributed by atoms with Gasteiger partial charge in [-0.25, -0.2) is 9.97 Å². The number of hydrogen-bond donors (Lipinski definition) is 3. The Kier molecular flexibility index (Phi) is 4.87. The number of aromatic nitrogens is 4. The van der Waals surface area contributed by atoms with Gasteiger partial charge in [-0.05, 0) is 69.8 Å². The first-order chi connectivity index (χ1) is 15.9. The highest BCUT2D eigenvalue weighted by molar-refractivity contribution is 5.92. The Balaban J connectivity index is 1.14. The van der Waals surface area contributed by atoms with E-state index in [4.69, 9.17) is 0 Å². The van der Waals surface area contributed by atoms with E-state index in [1.54, 1.807) is 12.3 Å². The molecule has 4 aliphatic carbocycles. The Morgan fingerprint density at radius 2 is 2.03 bits per heavy atom. The van der Waals surface area contributed by atoms with Gasteiger partial charge in [0.15, 0.2) is 0 Å². The Hall–Kier alpha value is -2.68. The second kappa shape index (κ2) is 7.68. The van der Waals surface area contributed by atoms with E-state index in [0.29, 0.717) is 29.4 Å². The molecule has 2 aromatic rings. The Morgan fingerprint density at radius 1 is 1.24 bits per heavy atom. The molecule has 1 aliphatic heterocycles. The van der Waals surface area contributed by atoms with E-state index in [0.717, 1.165) is 63.1 Å². The van der Waals surface area contributed by atoms with Crippen LogP contribution in [-0.2, 0) is 0 Å². The molecule has 3 heterocycles. The molecule has 33 heavy (non-hydrogen) atoms. The molecule has 9 heteroatoms. The second-order valence-electron chi connectivity index (χ2n) is 10.8. The standard InChI is InChI=1S/C24H33N7O2/c1-14-13-30(20-12-26-29-15(20)2)5-6-31(14)23-25-4-3-19(27-23)22(32)28-21-17-7-16-8-18(21)11-24(33,9-16)10-17/h3-4,12,14,16-18,21,33H,5-11,13H2,1-2H3,(H,26,29)(H,28,32)/t14-,16?,17?,18?,21-,24-/m1/s1. The lowest BCUT2D eigenvalue weighted by Crippen LogP contribution is -2.61. The third-order valence-electron chi connectivity index (χ3n) is 8.44. The molecule has 0 aromatic carbocycles. The zero-order chi connectivity index (χ0) is 22.7. The van der Waals surface area contributed by atoms with E-state index < -0.39 is 5.60 Å². The first-order valence-electron chi connectivity index (χ1n) is 12.3. The number of nitrogens with one attached hydrogen (secondary N) is 2. The smallest absolute Gasteiger partial charge is 0.270 e. The van der Waals surface area contributed by atoms with Crippen molar-refractivity contribution in [3.8, 4) is 0 Å². The summed E-state index contributed by atoms with van der Waals surface area (Å²) in [5.74, 6) is 1.87. The molecule has 2 unspecified atom stereocenters. The van der Waals surface area contributed by atoms with Crippen LogP contribution in [0.4, 0.5) is 11.6 Å². The van der Waals surface area contributed by atoms with E-state index in [1.807, 2.05) is 13.1 Å². The van der Waals surface area contributed by atoms with Gasteiger partial charge in [-0.2, -0.15) is 5.10 Å². The van der Waals surface area contributed by atoms with Crippen LogP contribution in [-0.4, -0.2) is 68.5 Å². The molecule has 0 radical (unpaired) electrons. The summed E-state index contributed by atoms with van der Waals surface area (Å²) < 4.78 is 0. The third kappa shape index (κ3) is 3.66. The summed E-state index contributed by atoms with van der Waals surface area (Å²) in [5.41, 5.74) is 2.07. The average molecular weight is 452 g/mol. The van der Waals surface area contributed by atoms with Crippen molar-refractivity contribution in [2.75, 3.05) is 29.4 Å². The summed E-state index contributed by atoms with van der Waals surface area (Å²) in [6.07, 6.45) is 8.46. The quantitative estimate of drug-likeness (QED) is 0.651. The van der Waals surface area contributed by atoms with Gasteiger partial charge in [0.05, 0.1) is 17.0 Å². The number of aromatic amines is 1. The molecule has 1 amide bonds. The number of amides is 1. The van der Waals surface area contributed by atoms with Crippen LogP contribution in [0.25, 0.3) is 0 Å². The Morgan fingerprint density at radius 3 is 2.70 bits per heavy atom. The molecule has 3 atom stereocenters. The van der Waals surface area contributed by atoms with Crippen LogP contribution in [0.15, 0.2) is 18.5 Å². The molecule has 1 saturated heterocycles. The van der Waals surface area contributed by atoms with Gasteiger partial charge in [0.1, 0.15) is 5.69 Å². The molecule has 2 aromatic heterocycles. The minimum absolute atomic E-state index is 0.122. The maximum absolute atomic E-state index is 13.2. The fraction of sp³-hybridized carbons (Fsp3) is 0.667. The summed E-state index contributed by atoms with van der Waals surface area (Å²) in [6.45, 7) is 6.65. The molecule has 0 spiro atoms. The average Bonchev–Trinajstić information content (AvgIpc) is 3.21. The maximum atomic E-state index is 13.2. The van der Waals surface area contributed by atoms with Crippen molar-refractivity contribution in [3.63, 3.8) is 0 Å². The van der Waals surface area contributed by atoms with Crippen molar-refractivity contribution in [3.05, 3.63) is 29.8 Å². The van der Waals surface area contributed by atoms with Crippen molar-refractivity contribution in [2.45, 2.75) is 63.6 Å². The number of piperazine rings is 1. The van der Waals surface area contributed by atoms with Crippen molar-refractivity contribution in [1.82, 2.24) is 25.5 Å². The number of hydrogen-bond acceptors (Lipinski definition) is 7. The van der Waals surface area contributed by atoms with Crippen LogP contribution in [0, 0.1) is 24.7 Å². The highest BCUT2D eigenvalue weighted by atomic mass is 16.3. The summed E-state index contributed by atoms with van der Waals surface area (Å²) in [7, 11) is 0. The normalized spacial score (nSPS) is 35.2. The highest BCUT2D eigenvalue weighted by Gasteiger charge is 2.55. The fourth-order valence-corrected chi connectivity index (χ4v) is 7.20. The largest absolute Gasteiger partial charge is 0.390 e. The molecule has 9 nitrogen and oxygen atoms in total. The SMILES string of the molecule is Cc1n[nH]cc1N1CCN(c2nccc(C(=O)N[C@H]3C4CC5CC3C[C@](O)(C5)C4)n2)[C@H](C)C1. The van der Waals surface area contributed by atoms with Crippen LogP contribution in [0.5, 0.6) is 0 Å². The molecular formula is C24H33N7O2. The van der Waals surface area contributed by atoms with Crippen LogP contribution in [0.2, 0.25) is 0 Å². The Labute approximate surface area is 194 Å². The summed E-state index contributed by atoms with van der Waals surface area (Å²) in [5, 5.41) is 21.3. The van der Waals surface area contributed by atoms with Crippen LogP contribution in [0.3, 0.4) is 0 Å². The van der Waals surface area contributed by atoms with Gasteiger partial charge in [-0.15, -0.1) is 0 Å². The Bertz CT molecular complexity index is 1040. The number of nitrogens with zero attached hydrogens (tertiary/aromatic N) is 5. The number of rotatable bonds is 4. The van der Waals surface area contributed by atoms with Crippen molar-refractivity contribution in [1.29, 1.82) is 0 Å². The van der Waals surface area contributed by atoms with Gasteiger partial charge in [-0.3, -0.25) is 9.89 Å². The molecule has 7 rings (SSSR count). The van der Waals surface area contributed by atoms with Gasteiger partial charge >= 0.3 is 0 Å². The van der Waals surface area contributed by atoms with Crippen LogP contribution >= 0.6 is 0 Å². The van der Waals surface area contributed by atoms with E-state index >= 15 is 0 Å². The van der Waals surface area contributed by atoms with Gasteiger partial charge in [0, 0.05) is 44.1 Å². The molecule has 4 bridgehead atoms. The summed E-state index contributed by atoms with van der Waals surface area (Å²) in [4.78, 5) is 26.8. The van der Waals surface area contributed by atoms with Gasteiger partial charge in [0.2, 0.25) is 5.95 Å². The lowest BCUT2D eigenvalue weighted by Gasteiger charge is -2.58. The molecule has 5 aliphatic rings. The number of carbonyl (C=O) groups excluding carboxylic acids is 1. The number of carbonyl (C=O) groups is 1. The molecule has 4 saturated carbocycles. The lowest BCUT2D eigenvalue weighted by atomic mass is 9.52. The molecule has 5 fully saturated rings. The number of aliphatic hydroxyl groups is 1. The monoisotopic (exact) mass is 451 g/mol. The number of H-pyrrole nitrogens is 1. The first-order valence-corrected chi connectivity index (χ1v) is 12.3. The van der Waals surface area contributed by atoms with Crippen molar-refractivity contribution in [2.24, 2.45) is 17.8 Å². The van der Waals surface area contributed by atoms with Gasteiger partial charge in [-0.1, -0.05) is 0 Å². The highest BCUT2D eigenvalue weighted by Crippen LogP contribution is 2.55. The molecule has 176 valence electrons. The summed E-state index contributed by atoms with van der Waals surface area (Å²) in [6, 6.07) is 2.06. The fourth-order valence-electron chi connectivity index (χ4n) is 7.20. The maximum Gasteiger partial charge on any atom is 0.270 e. The van der Waals surface area contributed by atoms with E-state index in [2.05, 4.69) is 42.2 Å². The minimum atomic E-state index is -0.493. The van der Waals surface area contributed by atoms with Crippen molar-refractivity contribution < 1.29 is 9.90 Å². The van der Waals surface area contributed by atoms with Gasteiger partial charge < -0.3 is 20.2 Å². The van der Waals surface area contributed by atoms with E-state index in [9.17, 15) is 9.90 Å². The predicted octanol–water partition coefficient (Wildman–Crippen LogP) is 1.89. The zero-order valence-electron chi connectivity index (χ0n) is 19.4. The summed E-state index contributed by atoms with van der Waals surface area (Å²) >= 11 is 0. The third-order valence-corrected chi connectivity index (χ3v) is 8.44. The second-order valence-corrected chi connectivity index (χ2v) is 10.8. The first kappa shape index (κ1) is 20.9. The minimum Gasteiger partial charge on any atom is -0.390 e. The van der Waals surface area contributed by atoms with E-state index in [-0.39, 0.29) is 18.0 Å². The number of anilines is 2. The van der Waals surface area contributed by atoms with E-state index in [1.165, 1.54) is 0 Å². The zero-order valence-corrected chi connectivity index (χ0v) is 19.4. The van der Waals surface area contributed by atoms with Crippen molar-refractivity contribution >= 4 is 17.5 Å². The lowest BCUT2D eigenvalue weighted by molar-refractivity contribution is -0.136. The van der Waals surface area contributed by atoms with Crippen LogP contribution < -0.4 is 15.1 Å². The van der Waals surface area contributed by atoms with Crippen LogP contribution in [0.1, 0.15) is 55.2 Å². The number of aryl methyl sites for hydroxylation is 1.